The average Bonchev–Trinajstić information content (AvgIpc) is 2.48. The van der Waals surface area contributed by atoms with Crippen molar-refractivity contribution < 1.29 is 9.84 Å². The van der Waals surface area contributed by atoms with E-state index in [0.29, 0.717) is 19.2 Å². The highest BCUT2D eigenvalue weighted by Crippen LogP contribution is 2.23. The van der Waals surface area contributed by atoms with Gasteiger partial charge in [-0.15, -0.1) is 0 Å². The first-order valence-electron chi connectivity index (χ1n) is 7.49. The summed E-state index contributed by atoms with van der Waals surface area (Å²) in [5, 5.41) is 10.6. The molecule has 1 fully saturated rings. The van der Waals surface area contributed by atoms with Crippen LogP contribution in [0.1, 0.15) is 18.5 Å². The number of β-amino-alcohol motifs (C(OH)–C–C–N with tert-alkyl or cyclic N) is 1. The van der Waals surface area contributed by atoms with E-state index < -0.39 is 6.10 Å². The SMILES string of the molecule is COC[C@@H](O)CN1CCN([C@H](C)c2ccc(Cl)cc2)CC1. The molecule has 2 rings (SSSR count). The summed E-state index contributed by atoms with van der Waals surface area (Å²) in [7, 11) is 1.62. The molecule has 0 aliphatic carbocycles. The highest BCUT2D eigenvalue weighted by molar-refractivity contribution is 6.30. The summed E-state index contributed by atoms with van der Waals surface area (Å²) < 4.78 is 4.97. The lowest BCUT2D eigenvalue weighted by molar-refractivity contribution is 0.0190. The van der Waals surface area contributed by atoms with Crippen LogP contribution in [0.2, 0.25) is 5.02 Å². The molecule has 1 aliphatic rings. The first kappa shape index (κ1) is 16.7. The molecular formula is C16H25ClN2O2. The zero-order valence-electron chi connectivity index (χ0n) is 12.8. The van der Waals surface area contributed by atoms with Crippen LogP contribution in [0.5, 0.6) is 0 Å². The van der Waals surface area contributed by atoms with E-state index in [2.05, 4.69) is 28.9 Å². The molecule has 0 saturated carbocycles. The van der Waals surface area contributed by atoms with Crippen LogP contribution in [-0.2, 0) is 4.74 Å². The van der Waals surface area contributed by atoms with Crippen molar-refractivity contribution in [2.45, 2.75) is 19.1 Å². The largest absolute Gasteiger partial charge is 0.389 e. The molecule has 1 heterocycles. The number of methoxy groups -OCH3 is 1. The number of aliphatic hydroxyl groups is 1. The normalized spacial score (nSPS) is 20.4. The van der Waals surface area contributed by atoms with Gasteiger partial charge >= 0.3 is 0 Å². The van der Waals surface area contributed by atoms with E-state index in [0.717, 1.165) is 31.2 Å². The Hall–Kier alpha value is -0.650. The minimum Gasteiger partial charge on any atom is -0.389 e. The van der Waals surface area contributed by atoms with Crippen LogP contribution < -0.4 is 0 Å². The monoisotopic (exact) mass is 312 g/mol. The molecule has 118 valence electrons. The molecule has 5 heteroatoms. The van der Waals surface area contributed by atoms with E-state index in [1.54, 1.807) is 7.11 Å². The Bertz CT molecular complexity index is 419. The lowest BCUT2D eigenvalue weighted by atomic mass is 10.1. The molecule has 21 heavy (non-hydrogen) atoms. The third-order valence-corrected chi connectivity index (χ3v) is 4.39. The highest BCUT2D eigenvalue weighted by atomic mass is 35.5. The number of nitrogens with zero attached hydrogens (tertiary/aromatic N) is 2. The van der Waals surface area contributed by atoms with E-state index in [1.807, 2.05) is 12.1 Å². The molecule has 0 amide bonds. The van der Waals surface area contributed by atoms with Crippen molar-refractivity contribution in [2.24, 2.45) is 0 Å². The molecule has 1 aromatic rings. The minimum atomic E-state index is -0.393. The van der Waals surface area contributed by atoms with Gasteiger partial charge in [-0.3, -0.25) is 9.80 Å². The van der Waals surface area contributed by atoms with E-state index in [4.69, 9.17) is 16.3 Å². The van der Waals surface area contributed by atoms with Gasteiger partial charge in [0.2, 0.25) is 0 Å². The average molecular weight is 313 g/mol. The number of halogens is 1. The lowest BCUT2D eigenvalue weighted by Gasteiger charge is -2.38. The fraction of sp³-hybridized carbons (Fsp3) is 0.625. The lowest BCUT2D eigenvalue weighted by Crippen LogP contribution is -2.49. The second kappa shape index (κ2) is 8.11. The van der Waals surface area contributed by atoms with Gasteiger partial charge in [-0.2, -0.15) is 0 Å². The van der Waals surface area contributed by atoms with Crippen molar-refractivity contribution in [3.63, 3.8) is 0 Å². The van der Waals surface area contributed by atoms with Gasteiger partial charge in [0.25, 0.3) is 0 Å². The fourth-order valence-electron chi connectivity index (χ4n) is 2.83. The van der Waals surface area contributed by atoms with Gasteiger partial charge in [-0.25, -0.2) is 0 Å². The number of hydrogen-bond donors (Lipinski definition) is 1. The Labute approximate surface area is 132 Å². The summed E-state index contributed by atoms with van der Waals surface area (Å²) in [6.45, 7) is 7.33. The molecule has 4 nitrogen and oxygen atoms in total. The molecule has 0 aromatic heterocycles. The molecule has 1 aromatic carbocycles. The van der Waals surface area contributed by atoms with Crippen LogP contribution in [-0.4, -0.2) is 67.5 Å². The quantitative estimate of drug-likeness (QED) is 0.872. The van der Waals surface area contributed by atoms with E-state index in [-0.39, 0.29) is 0 Å². The second-order valence-electron chi connectivity index (χ2n) is 5.67. The predicted molar refractivity (Wildman–Crippen MR) is 85.8 cm³/mol. The van der Waals surface area contributed by atoms with Crippen LogP contribution in [0.25, 0.3) is 0 Å². The summed E-state index contributed by atoms with van der Waals surface area (Å²) >= 11 is 5.94. The van der Waals surface area contributed by atoms with Gasteiger partial charge < -0.3 is 9.84 Å². The van der Waals surface area contributed by atoms with Gasteiger partial charge in [0.05, 0.1) is 12.7 Å². The van der Waals surface area contributed by atoms with Crippen molar-refractivity contribution in [1.82, 2.24) is 9.80 Å². The molecule has 0 unspecified atom stereocenters. The first-order chi connectivity index (χ1) is 10.1. The maximum atomic E-state index is 9.79. The summed E-state index contributed by atoms with van der Waals surface area (Å²) in [6.07, 6.45) is -0.393. The number of hydrogen-bond acceptors (Lipinski definition) is 4. The number of aliphatic hydroxyl groups excluding tert-OH is 1. The Kier molecular flexibility index (Phi) is 6.45. The third kappa shape index (κ3) is 4.94. The van der Waals surface area contributed by atoms with E-state index in [9.17, 15) is 5.11 Å². The summed E-state index contributed by atoms with van der Waals surface area (Å²) in [4.78, 5) is 4.78. The van der Waals surface area contributed by atoms with Crippen LogP contribution in [0.15, 0.2) is 24.3 Å². The summed E-state index contributed by atoms with van der Waals surface area (Å²) in [5.41, 5.74) is 1.30. The van der Waals surface area contributed by atoms with Gasteiger partial charge in [-0.05, 0) is 24.6 Å². The third-order valence-electron chi connectivity index (χ3n) is 4.14. The van der Waals surface area contributed by atoms with Crippen molar-refractivity contribution in [3.8, 4) is 0 Å². The molecule has 1 aliphatic heterocycles. The fourth-order valence-corrected chi connectivity index (χ4v) is 2.95. The number of piperazine rings is 1. The Morgan fingerprint density at radius 2 is 1.81 bits per heavy atom. The van der Waals surface area contributed by atoms with Crippen LogP contribution >= 0.6 is 11.6 Å². The van der Waals surface area contributed by atoms with Gasteiger partial charge in [0, 0.05) is 50.9 Å². The van der Waals surface area contributed by atoms with Crippen molar-refractivity contribution in [1.29, 1.82) is 0 Å². The van der Waals surface area contributed by atoms with Crippen LogP contribution in [0.4, 0.5) is 0 Å². The van der Waals surface area contributed by atoms with E-state index in [1.165, 1.54) is 5.56 Å². The summed E-state index contributed by atoms with van der Waals surface area (Å²) in [6, 6.07) is 8.49. The highest BCUT2D eigenvalue weighted by Gasteiger charge is 2.23. The molecule has 0 radical (unpaired) electrons. The number of benzene rings is 1. The van der Waals surface area contributed by atoms with Gasteiger partial charge in [0.1, 0.15) is 0 Å². The molecule has 0 spiro atoms. The Morgan fingerprint density at radius 1 is 1.19 bits per heavy atom. The van der Waals surface area contributed by atoms with Crippen molar-refractivity contribution >= 4 is 11.6 Å². The van der Waals surface area contributed by atoms with Crippen LogP contribution in [0.3, 0.4) is 0 Å². The standard InChI is InChI=1S/C16H25ClN2O2/c1-13(14-3-5-15(17)6-4-14)19-9-7-18(8-10-19)11-16(20)12-21-2/h3-6,13,16,20H,7-12H2,1-2H3/t13-,16+/m1/s1. The topological polar surface area (TPSA) is 35.9 Å². The predicted octanol–water partition coefficient (Wildman–Crippen LogP) is 2.03. The minimum absolute atomic E-state index is 0.393. The van der Waals surface area contributed by atoms with Crippen molar-refractivity contribution in [2.75, 3.05) is 46.4 Å². The molecule has 1 N–H and O–H groups in total. The molecule has 0 bridgehead atoms. The molecule has 2 atom stereocenters. The maximum absolute atomic E-state index is 9.79. The molecule has 1 saturated heterocycles. The smallest absolute Gasteiger partial charge is 0.0900 e. The second-order valence-corrected chi connectivity index (χ2v) is 6.11. The van der Waals surface area contributed by atoms with Gasteiger partial charge in [-0.1, -0.05) is 23.7 Å². The number of ether oxygens (including phenoxy) is 1. The zero-order chi connectivity index (χ0) is 15.2. The summed E-state index contributed by atoms with van der Waals surface area (Å²) in [5.74, 6) is 0. The zero-order valence-corrected chi connectivity index (χ0v) is 13.6. The molecular weight excluding hydrogens is 288 g/mol. The Morgan fingerprint density at radius 3 is 2.38 bits per heavy atom. The van der Waals surface area contributed by atoms with Gasteiger partial charge in [0.15, 0.2) is 0 Å². The Balaban J connectivity index is 1.81. The number of rotatable bonds is 6. The maximum Gasteiger partial charge on any atom is 0.0900 e. The van der Waals surface area contributed by atoms with Crippen molar-refractivity contribution in [3.05, 3.63) is 34.9 Å². The first-order valence-corrected chi connectivity index (χ1v) is 7.87. The van der Waals surface area contributed by atoms with E-state index >= 15 is 0 Å². The van der Waals surface area contributed by atoms with Crippen LogP contribution in [0, 0.1) is 0 Å².